The van der Waals surface area contributed by atoms with Crippen molar-refractivity contribution in [2.75, 3.05) is 23.4 Å². The first-order chi connectivity index (χ1) is 15.9. The first kappa shape index (κ1) is 24.5. The van der Waals surface area contributed by atoms with E-state index in [0.29, 0.717) is 0 Å². The first-order valence-electron chi connectivity index (χ1n) is 11.9. The summed E-state index contributed by atoms with van der Waals surface area (Å²) in [4.78, 5) is 39.7. The molecule has 0 saturated carbocycles. The fourth-order valence-electron chi connectivity index (χ4n) is 4.48. The normalized spacial score (nSPS) is 15.6. The number of benzene rings is 2. The van der Waals surface area contributed by atoms with Gasteiger partial charge in [-0.15, -0.1) is 0 Å². The molecular weight excluding hydrogens is 416 g/mol. The van der Waals surface area contributed by atoms with Crippen molar-refractivity contribution in [1.29, 1.82) is 0 Å². The zero-order valence-electron chi connectivity index (χ0n) is 20.1. The zero-order chi connectivity index (χ0) is 24.0. The number of para-hydroxylation sites is 2. The third kappa shape index (κ3) is 5.44. The van der Waals surface area contributed by atoms with Gasteiger partial charge >= 0.3 is 5.97 Å². The second kappa shape index (κ2) is 11.1. The van der Waals surface area contributed by atoms with Crippen molar-refractivity contribution in [3.63, 3.8) is 0 Å². The highest BCUT2D eigenvalue weighted by Gasteiger charge is 2.37. The number of rotatable bonds is 9. The fraction of sp³-hybridized carbons (Fsp3) is 0.444. The molecule has 6 nitrogen and oxygen atoms in total. The average molecular weight is 451 g/mol. The van der Waals surface area contributed by atoms with Gasteiger partial charge in [0, 0.05) is 24.3 Å². The molecular formula is C27H34N2O4. The lowest BCUT2D eigenvalue weighted by atomic mass is 10.0. The third-order valence-electron chi connectivity index (χ3n) is 6.30. The van der Waals surface area contributed by atoms with Crippen LogP contribution in [-0.2, 0) is 44.8 Å². The van der Waals surface area contributed by atoms with E-state index in [2.05, 4.69) is 19.2 Å². The van der Waals surface area contributed by atoms with Gasteiger partial charge in [-0.2, -0.15) is 0 Å². The van der Waals surface area contributed by atoms with Crippen molar-refractivity contribution in [2.45, 2.75) is 59.8 Å². The summed E-state index contributed by atoms with van der Waals surface area (Å²) in [5, 5.41) is 2.91. The number of esters is 1. The largest absolute Gasteiger partial charge is 0.455 e. The molecule has 1 N–H and O–H groups in total. The Morgan fingerprint density at radius 2 is 1.42 bits per heavy atom. The van der Waals surface area contributed by atoms with Crippen LogP contribution in [0, 0.1) is 5.92 Å². The summed E-state index contributed by atoms with van der Waals surface area (Å²) < 4.78 is 5.32. The van der Waals surface area contributed by atoms with E-state index in [-0.39, 0.29) is 31.4 Å². The number of hydrogen-bond acceptors (Lipinski definition) is 4. The molecule has 3 rings (SSSR count). The molecule has 6 heteroatoms. The Bertz CT molecular complexity index is 986. The molecule has 2 aromatic rings. The van der Waals surface area contributed by atoms with Gasteiger partial charge in [-0.3, -0.25) is 14.4 Å². The Kier molecular flexibility index (Phi) is 8.26. The van der Waals surface area contributed by atoms with Crippen LogP contribution in [0.4, 0.5) is 11.4 Å². The smallest absolute Gasteiger partial charge is 0.311 e. The number of hydrogen-bond donors (Lipinski definition) is 1. The predicted octanol–water partition coefficient (Wildman–Crippen LogP) is 4.47. The van der Waals surface area contributed by atoms with E-state index in [1.165, 1.54) is 0 Å². The fourth-order valence-corrected chi connectivity index (χ4v) is 4.48. The Hall–Kier alpha value is -3.15. The molecule has 0 spiro atoms. The van der Waals surface area contributed by atoms with Crippen molar-refractivity contribution in [1.82, 2.24) is 0 Å². The summed E-state index contributed by atoms with van der Waals surface area (Å²) in [5.74, 6) is -1.53. The maximum atomic E-state index is 12.8. The van der Waals surface area contributed by atoms with Crippen molar-refractivity contribution in [3.05, 3.63) is 58.7 Å². The summed E-state index contributed by atoms with van der Waals surface area (Å²) in [6.45, 7) is 8.11. The van der Waals surface area contributed by atoms with Gasteiger partial charge in [0.05, 0.1) is 5.92 Å². The minimum Gasteiger partial charge on any atom is -0.455 e. The monoisotopic (exact) mass is 450 g/mol. The molecule has 0 unspecified atom stereocenters. The predicted molar refractivity (Wildman–Crippen MR) is 130 cm³/mol. The van der Waals surface area contributed by atoms with Crippen LogP contribution in [0.1, 0.15) is 56.4 Å². The third-order valence-corrected chi connectivity index (χ3v) is 6.30. The topological polar surface area (TPSA) is 75.7 Å². The summed E-state index contributed by atoms with van der Waals surface area (Å²) in [5.41, 5.74) is 6.01. The van der Waals surface area contributed by atoms with Crippen molar-refractivity contribution >= 4 is 29.2 Å². The second-order valence-electron chi connectivity index (χ2n) is 8.35. The number of amides is 2. The number of nitrogens with zero attached hydrogens (tertiary/aromatic N) is 1. The molecule has 0 bridgehead atoms. The highest BCUT2D eigenvalue weighted by atomic mass is 16.5. The van der Waals surface area contributed by atoms with Gasteiger partial charge in [-0.1, -0.05) is 64.1 Å². The number of ether oxygens (including phenoxy) is 1. The molecule has 1 aliphatic rings. The molecule has 1 saturated heterocycles. The van der Waals surface area contributed by atoms with E-state index < -0.39 is 11.9 Å². The van der Waals surface area contributed by atoms with E-state index in [9.17, 15) is 14.4 Å². The molecule has 2 amide bonds. The van der Waals surface area contributed by atoms with Crippen LogP contribution in [0.2, 0.25) is 0 Å². The first-order valence-corrected chi connectivity index (χ1v) is 11.9. The highest BCUT2D eigenvalue weighted by Crippen LogP contribution is 2.32. The number of anilines is 2. The van der Waals surface area contributed by atoms with E-state index in [4.69, 9.17) is 4.74 Å². The molecule has 0 radical (unpaired) electrons. The quantitative estimate of drug-likeness (QED) is 0.572. The highest BCUT2D eigenvalue weighted by molar-refractivity contribution is 6.01. The minimum absolute atomic E-state index is 0.0820. The Morgan fingerprint density at radius 1 is 0.909 bits per heavy atom. The van der Waals surface area contributed by atoms with Crippen molar-refractivity contribution in [2.24, 2.45) is 5.92 Å². The summed E-state index contributed by atoms with van der Waals surface area (Å²) >= 11 is 0. The van der Waals surface area contributed by atoms with E-state index in [1.807, 2.05) is 50.2 Å². The Labute approximate surface area is 196 Å². The number of aryl methyl sites for hydroxylation is 4. The molecule has 176 valence electrons. The Balaban J connectivity index is 1.64. The van der Waals surface area contributed by atoms with Crippen molar-refractivity contribution < 1.29 is 19.1 Å². The summed E-state index contributed by atoms with van der Waals surface area (Å²) in [6, 6.07) is 12.0. The van der Waals surface area contributed by atoms with E-state index >= 15 is 0 Å². The van der Waals surface area contributed by atoms with Crippen LogP contribution in [0.15, 0.2) is 36.4 Å². The lowest BCUT2D eigenvalue weighted by Crippen LogP contribution is -2.29. The Morgan fingerprint density at radius 3 is 1.94 bits per heavy atom. The van der Waals surface area contributed by atoms with Crippen LogP contribution in [0.5, 0.6) is 0 Å². The van der Waals surface area contributed by atoms with Crippen LogP contribution in [0.3, 0.4) is 0 Å². The molecule has 0 aliphatic carbocycles. The van der Waals surface area contributed by atoms with Gasteiger partial charge in [-0.05, 0) is 47.9 Å². The average Bonchev–Trinajstić information content (AvgIpc) is 3.23. The number of carbonyl (C=O) groups is 3. The van der Waals surface area contributed by atoms with Crippen LogP contribution in [0.25, 0.3) is 0 Å². The maximum absolute atomic E-state index is 12.8. The van der Waals surface area contributed by atoms with Crippen LogP contribution >= 0.6 is 0 Å². The van der Waals surface area contributed by atoms with Gasteiger partial charge in [0.15, 0.2) is 6.61 Å². The maximum Gasteiger partial charge on any atom is 0.311 e. The van der Waals surface area contributed by atoms with Gasteiger partial charge < -0.3 is 15.0 Å². The SMILES string of the molecule is CCc1cccc(CC)c1NC(=O)COC(=O)[C@@H]1CC(=O)N(c2c(CC)cccc2CC)C1. The van der Waals surface area contributed by atoms with Crippen molar-refractivity contribution in [3.8, 4) is 0 Å². The van der Waals surface area contributed by atoms with Crippen LogP contribution < -0.4 is 10.2 Å². The molecule has 0 aromatic heterocycles. The molecule has 2 aromatic carbocycles. The molecule has 33 heavy (non-hydrogen) atoms. The van der Waals surface area contributed by atoms with Gasteiger partial charge in [0.2, 0.25) is 5.91 Å². The van der Waals surface area contributed by atoms with Gasteiger partial charge in [0.25, 0.3) is 5.91 Å². The summed E-state index contributed by atoms with van der Waals surface area (Å²) in [6.07, 6.45) is 3.30. The van der Waals surface area contributed by atoms with E-state index in [0.717, 1.165) is 59.3 Å². The zero-order valence-corrected chi connectivity index (χ0v) is 20.1. The van der Waals surface area contributed by atoms with Gasteiger partial charge in [-0.25, -0.2) is 0 Å². The second-order valence-corrected chi connectivity index (χ2v) is 8.35. The molecule has 1 fully saturated rings. The molecule has 1 heterocycles. The number of carbonyl (C=O) groups excluding carboxylic acids is 3. The van der Waals surface area contributed by atoms with Crippen LogP contribution in [-0.4, -0.2) is 30.9 Å². The van der Waals surface area contributed by atoms with Gasteiger partial charge in [0.1, 0.15) is 0 Å². The lowest BCUT2D eigenvalue weighted by Gasteiger charge is -2.23. The standard InChI is InChI=1S/C27H34N2O4/c1-5-18-11-9-12-19(6-2)25(18)28-23(30)17-33-27(32)22-15-24(31)29(16-22)26-20(7-3)13-10-14-21(26)8-4/h9-14,22H,5-8,15-17H2,1-4H3,(H,28,30)/t22-/m1/s1. The summed E-state index contributed by atoms with van der Waals surface area (Å²) in [7, 11) is 0. The minimum atomic E-state index is -0.575. The van der Waals surface area contributed by atoms with E-state index in [1.54, 1.807) is 4.90 Å². The number of nitrogens with one attached hydrogen (secondary N) is 1. The molecule has 1 atom stereocenters. The molecule has 1 aliphatic heterocycles. The lowest BCUT2D eigenvalue weighted by molar-refractivity contribution is -0.151.